The Hall–Kier alpha value is -2.27. The van der Waals surface area contributed by atoms with Gasteiger partial charge in [0.25, 0.3) is 0 Å². The van der Waals surface area contributed by atoms with Crippen LogP contribution < -0.4 is 0 Å². The molecule has 4 nitrogen and oxygen atoms in total. The van der Waals surface area contributed by atoms with Crippen molar-refractivity contribution in [3.8, 4) is 0 Å². The van der Waals surface area contributed by atoms with Gasteiger partial charge in [0.05, 0.1) is 0 Å². The maximum atomic E-state index is 13.0. The van der Waals surface area contributed by atoms with Crippen LogP contribution in [0.5, 0.6) is 0 Å². The van der Waals surface area contributed by atoms with E-state index in [1.807, 2.05) is 43.9 Å². The highest BCUT2D eigenvalue weighted by Crippen LogP contribution is 2.39. The summed E-state index contributed by atoms with van der Waals surface area (Å²) < 4.78 is 6.72. The molecule has 0 aliphatic carbocycles. The van der Waals surface area contributed by atoms with Gasteiger partial charge in [0.1, 0.15) is 11.6 Å². The Morgan fingerprint density at radius 3 is 2.56 bits per heavy atom. The molecule has 2 aromatic carbocycles. The molecule has 1 amide bonds. The molecule has 2 heterocycles. The summed E-state index contributed by atoms with van der Waals surface area (Å²) in [6.07, 6.45) is 0.533. The molecule has 0 bridgehead atoms. The molecular weight excluding hydrogens is 404 g/mol. The van der Waals surface area contributed by atoms with Crippen molar-refractivity contribution in [3.63, 3.8) is 0 Å². The van der Waals surface area contributed by atoms with Crippen LogP contribution in [0.2, 0.25) is 0 Å². The number of fused-ring (bicyclic) bond motifs is 3. The van der Waals surface area contributed by atoms with Gasteiger partial charge in [0.2, 0.25) is 0 Å². The van der Waals surface area contributed by atoms with Gasteiger partial charge in [-0.2, -0.15) is 0 Å². The lowest BCUT2D eigenvalue weighted by atomic mass is 9.93. The molecule has 1 aliphatic rings. The second kappa shape index (κ2) is 6.71. The molecule has 140 valence electrons. The molecule has 1 N–H and O–H groups in total. The fourth-order valence-electron chi connectivity index (χ4n) is 3.75. The highest BCUT2D eigenvalue weighted by molar-refractivity contribution is 9.10. The SMILES string of the molecule is CC(C)(C)OC(=O)N1CCc2c([nH]c3ccccc23)[C@@H]1c1ccc(Br)cc1. The van der Waals surface area contributed by atoms with Crippen LogP contribution in [0, 0.1) is 0 Å². The van der Waals surface area contributed by atoms with E-state index in [0.29, 0.717) is 6.54 Å². The monoisotopic (exact) mass is 426 g/mol. The van der Waals surface area contributed by atoms with Crippen LogP contribution in [-0.2, 0) is 11.2 Å². The average Bonchev–Trinajstić information content (AvgIpc) is 2.99. The number of aromatic nitrogens is 1. The Morgan fingerprint density at radius 1 is 1.15 bits per heavy atom. The van der Waals surface area contributed by atoms with E-state index in [-0.39, 0.29) is 12.1 Å². The Morgan fingerprint density at radius 2 is 1.85 bits per heavy atom. The topological polar surface area (TPSA) is 45.3 Å². The maximum Gasteiger partial charge on any atom is 0.411 e. The smallest absolute Gasteiger partial charge is 0.411 e. The minimum absolute atomic E-state index is 0.191. The van der Waals surface area contributed by atoms with Gasteiger partial charge in [0, 0.05) is 27.6 Å². The van der Waals surface area contributed by atoms with Crippen molar-refractivity contribution in [2.24, 2.45) is 0 Å². The van der Waals surface area contributed by atoms with Crippen LogP contribution in [-0.4, -0.2) is 28.1 Å². The quantitative estimate of drug-likeness (QED) is 0.533. The zero-order valence-electron chi connectivity index (χ0n) is 15.8. The van der Waals surface area contributed by atoms with Gasteiger partial charge in [-0.05, 0) is 56.5 Å². The van der Waals surface area contributed by atoms with Gasteiger partial charge in [-0.15, -0.1) is 0 Å². The summed E-state index contributed by atoms with van der Waals surface area (Å²) in [5, 5.41) is 1.23. The van der Waals surface area contributed by atoms with Crippen molar-refractivity contribution in [1.29, 1.82) is 0 Å². The van der Waals surface area contributed by atoms with Crippen molar-refractivity contribution in [1.82, 2.24) is 9.88 Å². The van der Waals surface area contributed by atoms with E-state index in [1.54, 1.807) is 0 Å². The van der Waals surface area contributed by atoms with Crippen LogP contribution in [0.4, 0.5) is 4.79 Å². The van der Waals surface area contributed by atoms with Crippen LogP contribution in [0.15, 0.2) is 53.0 Å². The van der Waals surface area contributed by atoms with Crippen molar-refractivity contribution in [2.45, 2.75) is 38.8 Å². The van der Waals surface area contributed by atoms with Crippen molar-refractivity contribution in [3.05, 3.63) is 69.8 Å². The lowest BCUT2D eigenvalue weighted by molar-refractivity contribution is 0.0175. The van der Waals surface area contributed by atoms with Crippen LogP contribution in [0.25, 0.3) is 10.9 Å². The Balaban J connectivity index is 1.83. The van der Waals surface area contributed by atoms with Crippen molar-refractivity contribution in [2.75, 3.05) is 6.54 Å². The van der Waals surface area contributed by atoms with Gasteiger partial charge in [-0.3, -0.25) is 4.90 Å². The van der Waals surface area contributed by atoms with Gasteiger partial charge in [0.15, 0.2) is 0 Å². The molecule has 1 aliphatic heterocycles. The zero-order valence-corrected chi connectivity index (χ0v) is 17.3. The van der Waals surface area contributed by atoms with Crippen LogP contribution >= 0.6 is 15.9 Å². The second-order valence-corrected chi connectivity index (χ2v) is 8.86. The molecule has 3 aromatic rings. The standard InChI is InChI=1S/C22H23BrN2O2/c1-22(2,3)27-21(26)25-13-12-17-16-6-4-5-7-18(16)24-19(17)20(25)14-8-10-15(23)11-9-14/h4-11,20,24H,12-13H2,1-3H3/t20-/m0/s1. The van der Waals surface area contributed by atoms with Crippen molar-refractivity contribution < 1.29 is 9.53 Å². The number of halogens is 1. The van der Waals surface area contributed by atoms with Crippen LogP contribution in [0.3, 0.4) is 0 Å². The fourth-order valence-corrected chi connectivity index (χ4v) is 4.01. The number of hydrogen-bond acceptors (Lipinski definition) is 2. The third-order valence-corrected chi connectivity index (χ3v) is 5.38. The van der Waals surface area contributed by atoms with Gasteiger partial charge in [-0.25, -0.2) is 4.79 Å². The first-order valence-electron chi connectivity index (χ1n) is 9.18. The molecule has 5 heteroatoms. The predicted molar refractivity (Wildman–Crippen MR) is 111 cm³/mol. The van der Waals surface area contributed by atoms with E-state index in [4.69, 9.17) is 4.74 Å². The van der Waals surface area contributed by atoms with E-state index in [9.17, 15) is 4.79 Å². The molecule has 0 radical (unpaired) electrons. The predicted octanol–water partition coefficient (Wildman–Crippen LogP) is 5.81. The van der Waals surface area contributed by atoms with E-state index in [2.05, 4.69) is 51.2 Å². The maximum absolute atomic E-state index is 13.0. The number of rotatable bonds is 1. The number of hydrogen-bond donors (Lipinski definition) is 1. The number of H-pyrrole nitrogens is 1. The number of amides is 1. The minimum Gasteiger partial charge on any atom is -0.444 e. The fraction of sp³-hybridized carbons (Fsp3) is 0.318. The Kier molecular flexibility index (Phi) is 4.50. The largest absolute Gasteiger partial charge is 0.444 e. The molecule has 27 heavy (non-hydrogen) atoms. The Bertz CT molecular complexity index is 986. The summed E-state index contributed by atoms with van der Waals surface area (Å²) in [5.74, 6) is 0. The normalized spacial score (nSPS) is 17.0. The summed E-state index contributed by atoms with van der Waals surface area (Å²) in [7, 11) is 0. The molecule has 1 aromatic heterocycles. The highest BCUT2D eigenvalue weighted by Gasteiger charge is 2.36. The summed E-state index contributed by atoms with van der Waals surface area (Å²) in [6.45, 7) is 6.33. The van der Waals surface area contributed by atoms with Crippen LogP contribution in [0.1, 0.15) is 43.6 Å². The van der Waals surface area contributed by atoms with E-state index in [1.165, 1.54) is 10.9 Å². The number of nitrogens with one attached hydrogen (secondary N) is 1. The summed E-state index contributed by atoms with van der Waals surface area (Å²) in [5.41, 5.74) is 4.02. The molecule has 1 atom stereocenters. The first kappa shape index (κ1) is 18.1. The van der Waals surface area contributed by atoms with Gasteiger partial charge < -0.3 is 9.72 Å². The van der Waals surface area contributed by atoms with E-state index >= 15 is 0 Å². The second-order valence-electron chi connectivity index (χ2n) is 7.94. The molecule has 0 spiro atoms. The first-order chi connectivity index (χ1) is 12.8. The molecule has 0 fully saturated rings. The third kappa shape index (κ3) is 3.48. The lowest BCUT2D eigenvalue weighted by Gasteiger charge is -2.37. The van der Waals surface area contributed by atoms with Gasteiger partial charge >= 0.3 is 6.09 Å². The first-order valence-corrected chi connectivity index (χ1v) is 9.97. The zero-order chi connectivity index (χ0) is 19.2. The average molecular weight is 427 g/mol. The number of carbonyl (C=O) groups excluding carboxylic acids is 1. The summed E-state index contributed by atoms with van der Waals surface area (Å²) in [6, 6.07) is 16.3. The highest BCUT2D eigenvalue weighted by atomic mass is 79.9. The number of aromatic amines is 1. The van der Waals surface area contributed by atoms with Crippen molar-refractivity contribution >= 4 is 32.9 Å². The number of para-hydroxylation sites is 1. The molecule has 0 saturated carbocycles. The van der Waals surface area contributed by atoms with Gasteiger partial charge in [-0.1, -0.05) is 46.3 Å². The molecule has 0 saturated heterocycles. The molecule has 4 rings (SSSR count). The number of nitrogens with zero attached hydrogens (tertiary/aromatic N) is 1. The minimum atomic E-state index is -0.526. The Labute approximate surface area is 167 Å². The number of carbonyl (C=O) groups is 1. The number of ether oxygens (including phenoxy) is 1. The summed E-state index contributed by atoms with van der Waals surface area (Å²) >= 11 is 3.50. The third-order valence-electron chi connectivity index (χ3n) is 4.85. The number of benzene rings is 2. The van der Waals surface area contributed by atoms with E-state index in [0.717, 1.165) is 27.7 Å². The van der Waals surface area contributed by atoms with E-state index < -0.39 is 5.60 Å². The summed E-state index contributed by atoms with van der Waals surface area (Å²) in [4.78, 5) is 18.4. The molecular formula is C22H23BrN2O2. The molecule has 0 unspecified atom stereocenters. The lowest BCUT2D eigenvalue weighted by Crippen LogP contribution is -2.43.